The Hall–Kier alpha value is -1.28. The molecule has 0 radical (unpaired) electrons. The fourth-order valence-electron chi connectivity index (χ4n) is 1.47. The normalized spacial score (nSPS) is 20.4. The van der Waals surface area contributed by atoms with Crippen LogP contribution in [-0.2, 0) is 9.47 Å². The van der Waals surface area contributed by atoms with Crippen molar-refractivity contribution in [1.82, 2.24) is 0 Å². The molecule has 106 valence electrons. The van der Waals surface area contributed by atoms with Crippen LogP contribution >= 0.6 is 0 Å². The Bertz CT molecular complexity index is 469. The Labute approximate surface area is 103 Å². The molecule has 1 aliphatic heterocycles. The van der Waals surface area contributed by atoms with Crippen molar-refractivity contribution >= 4 is 0 Å². The van der Waals surface area contributed by atoms with Gasteiger partial charge < -0.3 is 9.47 Å². The van der Waals surface area contributed by atoms with Crippen molar-refractivity contribution in [2.45, 2.75) is 18.4 Å². The summed E-state index contributed by atoms with van der Waals surface area (Å²) in [4.78, 5) is 0. The number of halogens is 6. The molecular formula is C11H8F6O2. The van der Waals surface area contributed by atoms with Crippen LogP contribution in [-0.4, -0.2) is 25.5 Å². The summed E-state index contributed by atoms with van der Waals surface area (Å²) in [5.74, 6) is -4.65. The standard InChI is InChI=1S/C11H8F6O2/c12-7-2-9(14)8(13)1-6(7)10(11(15,16)17)19-4-5-3-18-5/h1-2,5,10H,3-4H2. The van der Waals surface area contributed by atoms with E-state index in [1.165, 1.54) is 0 Å². The highest BCUT2D eigenvalue weighted by atomic mass is 19.4. The van der Waals surface area contributed by atoms with Gasteiger partial charge in [0.15, 0.2) is 17.7 Å². The van der Waals surface area contributed by atoms with Gasteiger partial charge in [0.25, 0.3) is 0 Å². The van der Waals surface area contributed by atoms with Crippen LogP contribution in [0.15, 0.2) is 12.1 Å². The Morgan fingerprint density at radius 3 is 2.26 bits per heavy atom. The van der Waals surface area contributed by atoms with Crippen LogP contribution in [0.1, 0.15) is 11.7 Å². The van der Waals surface area contributed by atoms with Gasteiger partial charge in [0.1, 0.15) is 11.9 Å². The third-order valence-electron chi connectivity index (χ3n) is 2.47. The molecule has 2 unspecified atom stereocenters. The first kappa shape index (κ1) is 14.1. The van der Waals surface area contributed by atoms with E-state index in [9.17, 15) is 26.3 Å². The maximum atomic E-state index is 13.3. The average Bonchev–Trinajstić information content (AvgIpc) is 3.07. The van der Waals surface area contributed by atoms with Gasteiger partial charge in [-0.25, -0.2) is 13.2 Å². The quantitative estimate of drug-likeness (QED) is 0.482. The third-order valence-corrected chi connectivity index (χ3v) is 2.47. The molecule has 1 saturated heterocycles. The number of ether oxygens (including phenoxy) is 2. The van der Waals surface area contributed by atoms with E-state index in [-0.39, 0.29) is 18.7 Å². The summed E-state index contributed by atoms with van der Waals surface area (Å²) in [6, 6.07) is 0.205. The summed E-state index contributed by atoms with van der Waals surface area (Å²) >= 11 is 0. The van der Waals surface area contributed by atoms with Crippen LogP contribution in [0.3, 0.4) is 0 Å². The summed E-state index contributed by atoms with van der Waals surface area (Å²) in [6.07, 6.45) is -8.08. The van der Waals surface area contributed by atoms with E-state index in [4.69, 9.17) is 0 Å². The fourth-order valence-corrected chi connectivity index (χ4v) is 1.47. The van der Waals surface area contributed by atoms with Crippen molar-refractivity contribution in [1.29, 1.82) is 0 Å². The Morgan fingerprint density at radius 2 is 1.74 bits per heavy atom. The largest absolute Gasteiger partial charge is 0.418 e. The van der Waals surface area contributed by atoms with E-state index in [0.29, 0.717) is 0 Å². The van der Waals surface area contributed by atoms with Gasteiger partial charge >= 0.3 is 6.18 Å². The zero-order chi connectivity index (χ0) is 14.2. The van der Waals surface area contributed by atoms with Crippen LogP contribution in [0.2, 0.25) is 0 Å². The first-order valence-electron chi connectivity index (χ1n) is 5.23. The Balaban J connectivity index is 2.28. The molecule has 1 aromatic carbocycles. The smallest absolute Gasteiger partial charge is 0.371 e. The van der Waals surface area contributed by atoms with Crippen molar-refractivity contribution < 1.29 is 35.8 Å². The summed E-state index contributed by atoms with van der Waals surface area (Å²) in [5.41, 5.74) is -1.09. The van der Waals surface area contributed by atoms with E-state index >= 15 is 0 Å². The average molecular weight is 286 g/mol. The van der Waals surface area contributed by atoms with Gasteiger partial charge in [-0.1, -0.05) is 0 Å². The Morgan fingerprint density at radius 1 is 1.16 bits per heavy atom. The number of alkyl halides is 3. The molecule has 1 aromatic rings. The van der Waals surface area contributed by atoms with Crippen LogP contribution in [0, 0.1) is 17.5 Å². The molecule has 0 saturated carbocycles. The summed E-state index contributed by atoms with van der Waals surface area (Å²) in [6.45, 7) is -0.145. The van der Waals surface area contributed by atoms with E-state index in [2.05, 4.69) is 9.47 Å². The molecule has 0 N–H and O–H groups in total. The van der Waals surface area contributed by atoms with Gasteiger partial charge in [-0.05, 0) is 6.07 Å². The molecule has 1 fully saturated rings. The summed E-state index contributed by atoms with van der Waals surface area (Å²) in [5, 5.41) is 0. The molecule has 1 aliphatic rings. The van der Waals surface area contributed by atoms with E-state index in [1.54, 1.807) is 0 Å². The van der Waals surface area contributed by atoms with Crippen molar-refractivity contribution in [2.24, 2.45) is 0 Å². The number of hydrogen-bond acceptors (Lipinski definition) is 2. The SMILES string of the molecule is Fc1cc(F)c(C(OCC2CO2)C(F)(F)F)cc1F. The van der Waals surface area contributed by atoms with Gasteiger partial charge in [-0.3, -0.25) is 0 Å². The van der Waals surface area contributed by atoms with Gasteiger partial charge in [0, 0.05) is 11.6 Å². The van der Waals surface area contributed by atoms with Gasteiger partial charge in [-0.15, -0.1) is 0 Å². The van der Waals surface area contributed by atoms with Crippen LogP contribution in [0.25, 0.3) is 0 Å². The molecule has 8 heteroatoms. The highest BCUT2D eigenvalue weighted by Crippen LogP contribution is 2.38. The van der Waals surface area contributed by atoms with E-state index in [0.717, 1.165) is 0 Å². The lowest BCUT2D eigenvalue weighted by atomic mass is 10.1. The molecular weight excluding hydrogens is 278 g/mol. The molecule has 1 heterocycles. The van der Waals surface area contributed by atoms with Crippen LogP contribution in [0.4, 0.5) is 26.3 Å². The molecule has 2 rings (SSSR count). The van der Waals surface area contributed by atoms with Crippen LogP contribution < -0.4 is 0 Å². The van der Waals surface area contributed by atoms with Crippen molar-refractivity contribution in [3.63, 3.8) is 0 Å². The molecule has 0 aromatic heterocycles. The summed E-state index contributed by atoms with van der Waals surface area (Å²) < 4.78 is 86.3. The molecule has 2 atom stereocenters. The second-order valence-corrected chi connectivity index (χ2v) is 4.00. The second kappa shape index (κ2) is 5.01. The zero-order valence-electron chi connectivity index (χ0n) is 9.31. The first-order valence-corrected chi connectivity index (χ1v) is 5.23. The van der Waals surface area contributed by atoms with Crippen molar-refractivity contribution in [3.05, 3.63) is 35.1 Å². The molecule has 19 heavy (non-hydrogen) atoms. The first-order chi connectivity index (χ1) is 8.79. The van der Waals surface area contributed by atoms with Crippen molar-refractivity contribution in [2.75, 3.05) is 13.2 Å². The lowest BCUT2D eigenvalue weighted by Crippen LogP contribution is -2.26. The zero-order valence-corrected chi connectivity index (χ0v) is 9.31. The maximum absolute atomic E-state index is 13.3. The number of benzene rings is 1. The van der Waals surface area contributed by atoms with E-state index in [1.807, 2.05) is 0 Å². The molecule has 0 amide bonds. The molecule has 0 aliphatic carbocycles. The minimum atomic E-state index is -4.94. The fraction of sp³-hybridized carbons (Fsp3) is 0.455. The highest BCUT2D eigenvalue weighted by molar-refractivity contribution is 5.23. The number of rotatable bonds is 4. The monoisotopic (exact) mass is 286 g/mol. The minimum Gasteiger partial charge on any atom is -0.371 e. The van der Waals surface area contributed by atoms with Gasteiger partial charge in [0.2, 0.25) is 0 Å². The molecule has 0 bridgehead atoms. The molecule has 2 nitrogen and oxygen atoms in total. The second-order valence-electron chi connectivity index (χ2n) is 4.00. The lowest BCUT2D eigenvalue weighted by Gasteiger charge is -2.21. The predicted octanol–water partition coefficient (Wildman–Crippen LogP) is 3.12. The van der Waals surface area contributed by atoms with Crippen LogP contribution in [0.5, 0.6) is 0 Å². The minimum absolute atomic E-state index is 0.0559. The molecule has 0 spiro atoms. The van der Waals surface area contributed by atoms with Crippen molar-refractivity contribution in [3.8, 4) is 0 Å². The Kier molecular flexibility index (Phi) is 3.73. The maximum Gasteiger partial charge on any atom is 0.418 e. The number of hydrogen-bond donors (Lipinski definition) is 0. The topological polar surface area (TPSA) is 21.8 Å². The predicted molar refractivity (Wildman–Crippen MR) is 50.8 cm³/mol. The van der Waals surface area contributed by atoms with Gasteiger partial charge in [-0.2, -0.15) is 13.2 Å². The lowest BCUT2D eigenvalue weighted by molar-refractivity contribution is -0.225. The van der Waals surface area contributed by atoms with E-state index < -0.39 is 48.0 Å². The highest BCUT2D eigenvalue weighted by Gasteiger charge is 2.44. The number of epoxide rings is 1. The third kappa shape index (κ3) is 3.38. The van der Waals surface area contributed by atoms with Gasteiger partial charge in [0.05, 0.1) is 13.2 Å². The summed E-state index contributed by atoms with van der Waals surface area (Å²) in [7, 11) is 0.